The minimum atomic E-state index is -0.133. The third-order valence-corrected chi connectivity index (χ3v) is 4.90. The van der Waals surface area contributed by atoms with E-state index in [0.29, 0.717) is 22.8 Å². The van der Waals surface area contributed by atoms with Crippen LogP contribution in [-0.2, 0) is 13.0 Å². The highest BCUT2D eigenvalue weighted by Crippen LogP contribution is 2.22. The lowest BCUT2D eigenvalue weighted by atomic mass is 10.1. The molecule has 5 heteroatoms. The zero-order valence-electron chi connectivity index (χ0n) is 15.2. The van der Waals surface area contributed by atoms with Crippen molar-refractivity contribution >= 4 is 23.2 Å². The van der Waals surface area contributed by atoms with E-state index in [9.17, 15) is 4.79 Å². The second-order valence-corrected chi connectivity index (χ2v) is 6.67. The van der Waals surface area contributed by atoms with Crippen molar-refractivity contribution < 1.29 is 4.79 Å². The summed E-state index contributed by atoms with van der Waals surface area (Å²) in [5, 5.41) is 8.28. The summed E-state index contributed by atoms with van der Waals surface area (Å²) in [6.07, 6.45) is 0.861. The van der Waals surface area contributed by atoms with E-state index in [1.165, 1.54) is 0 Å². The maximum absolute atomic E-state index is 12.9. The van der Waals surface area contributed by atoms with Crippen molar-refractivity contribution in [3.63, 3.8) is 0 Å². The number of hydrogen-bond acceptors (Lipinski definition) is 2. The first-order chi connectivity index (χ1) is 12.5. The Morgan fingerprint density at radius 1 is 1.08 bits per heavy atom. The number of aromatic nitrogens is 2. The number of nitrogens with one attached hydrogen (secondary N) is 1. The van der Waals surface area contributed by atoms with E-state index in [-0.39, 0.29) is 5.91 Å². The molecule has 0 atom stereocenters. The van der Waals surface area contributed by atoms with Gasteiger partial charge in [0.05, 0.1) is 17.8 Å². The number of benzene rings is 2. The zero-order valence-corrected chi connectivity index (χ0v) is 16.0. The van der Waals surface area contributed by atoms with Gasteiger partial charge in [-0.25, -0.2) is 0 Å². The molecule has 0 spiro atoms. The Morgan fingerprint density at radius 3 is 2.42 bits per heavy atom. The van der Waals surface area contributed by atoms with E-state index >= 15 is 0 Å². The molecular weight excluding hydrogens is 346 g/mol. The fourth-order valence-electron chi connectivity index (χ4n) is 3.10. The van der Waals surface area contributed by atoms with Crippen LogP contribution in [-0.4, -0.2) is 15.7 Å². The van der Waals surface area contributed by atoms with Gasteiger partial charge in [-0.2, -0.15) is 5.10 Å². The van der Waals surface area contributed by atoms with Crippen LogP contribution in [0.4, 0.5) is 5.69 Å². The van der Waals surface area contributed by atoms with Crippen LogP contribution in [0, 0.1) is 13.8 Å². The molecule has 0 radical (unpaired) electrons. The number of amides is 1. The molecule has 0 aliphatic carbocycles. The minimum Gasteiger partial charge on any atom is -0.322 e. The van der Waals surface area contributed by atoms with Crippen molar-refractivity contribution in [3.05, 3.63) is 81.6 Å². The van der Waals surface area contributed by atoms with Crippen molar-refractivity contribution in [1.29, 1.82) is 0 Å². The summed E-state index contributed by atoms with van der Waals surface area (Å²) in [7, 11) is 0. The van der Waals surface area contributed by atoms with E-state index in [4.69, 9.17) is 11.6 Å². The smallest absolute Gasteiger partial charge is 0.259 e. The Bertz CT molecular complexity index is 946. The van der Waals surface area contributed by atoms with E-state index in [1.54, 1.807) is 0 Å². The summed E-state index contributed by atoms with van der Waals surface area (Å²) in [6.45, 7) is 6.38. The van der Waals surface area contributed by atoms with Gasteiger partial charge in [0.1, 0.15) is 0 Å². The quantitative estimate of drug-likeness (QED) is 0.688. The normalized spacial score (nSPS) is 10.8. The maximum Gasteiger partial charge on any atom is 0.259 e. The van der Waals surface area contributed by atoms with Gasteiger partial charge in [-0.15, -0.1) is 0 Å². The monoisotopic (exact) mass is 367 g/mol. The maximum atomic E-state index is 12.9. The third kappa shape index (κ3) is 3.65. The lowest BCUT2D eigenvalue weighted by Gasteiger charge is -2.10. The van der Waals surface area contributed by atoms with Crippen LogP contribution >= 0.6 is 11.6 Å². The lowest BCUT2D eigenvalue weighted by Crippen LogP contribution is -2.15. The molecule has 4 nitrogen and oxygen atoms in total. The molecule has 3 rings (SSSR count). The standard InChI is InChI=1S/C21H22ClN3O/c1-4-16-9-6-8-12-19(16)23-21(26)20-14(2)24-25(15(20)3)13-17-10-5-7-11-18(17)22/h5-12H,4,13H2,1-3H3,(H,23,26). The summed E-state index contributed by atoms with van der Waals surface area (Å²) >= 11 is 6.26. The second-order valence-electron chi connectivity index (χ2n) is 6.26. The highest BCUT2D eigenvalue weighted by Gasteiger charge is 2.20. The van der Waals surface area contributed by atoms with Crippen LogP contribution in [0.25, 0.3) is 0 Å². The van der Waals surface area contributed by atoms with Crippen LogP contribution in [0.2, 0.25) is 5.02 Å². The SMILES string of the molecule is CCc1ccccc1NC(=O)c1c(C)nn(Cc2ccccc2Cl)c1C. The molecule has 0 aliphatic heterocycles. The van der Waals surface area contributed by atoms with Gasteiger partial charge in [-0.05, 0) is 43.5 Å². The summed E-state index contributed by atoms with van der Waals surface area (Å²) in [5.74, 6) is -0.133. The first-order valence-corrected chi connectivity index (χ1v) is 9.05. The molecule has 0 saturated heterocycles. The molecule has 1 heterocycles. The fraction of sp³-hybridized carbons (Fsp3) is 0.238. The average Bonchev–Trinajstić information content (AvgIpc) is 2.91. The van der Waals surface area contributed by atoms with Crippen LogP contribution in [0.5, 0.6) is 0 Å². The Hall–Kier alpha value is -2.59. The Balaban J connectivity index is 1.88. The summed E-state index contributed by atoms with van der Waals surface area (Å²) in [5.41, 5.74) is 5.08. The molecule has 3 aromatic rings. The molecule has 0 unspecified atom stereocenters. The second kappa shape index (κ2) is 7.75. The molecule has 0 fully saturated rings. The number of nitrogens with zero attached hydrogens (tertiary/aromatic N) is 2. The van der Waals surface area contributed by atoms with Gasteiger partial charge in [0, 0.05) is 16.4 Å². The number of carbonyl (C=O) groups excluding carboxylic acids is 1. The highest BCUT2D eigenvalue weighted by atomic mass is 35.5. The molecule has 1 amide bonds. The van der Waals surface area contributed by atoms with E-state index in [2.05, 4.69) is 17.3 Å². The average molecular weight is 368 g/mol. The molecule has 0 aliphatic rings. The Morgan fingerprint density at radius 2 is 1.73 bits per heavy atom. The van der Waals surface area contributed by atoms with Crippen molar-refractivity contribution in [2.45, 2.75) is 33.7 Å². The van der Waals surface area contributed by atoms with E-state index in [1.807, 2.05) is 67.1 Å². The van der Waals surface area contributed by atoms with Gasteiger partial charge in [0.15, 0.2) is 0 Å². The first-order valence-electron chi connectivity index (χ1n) is 8.68. The molecular formula is C21H22ClN3O. The highest BCUT2D eigenvalue weighted by molar-refractivity contribution is 6.31. The third-order valence-electron chi connectivity index (χ3n) is 4.53. The molecule has 1 aromatic heterocycles. The van der Waals surface area contributed by atoms with Crippen LogP contribution < -0.4 is 5.32 Å². The van der Waals surface area contributed by atoms with Gasteiger partial charge in [-0.1, -0.05) is 54.9 Å². The number of para-hydroxylation sites is 1. The van der Waals surface area contributed by atoms with Crippen molar-refractivity contribution in [2.24, 2.45) is 0 Å². The van der Waals surface area contributed by atoms with Gasteiger partial charge in [-0.3, -0.25) is 9.48 Å². The largest absolute Gasteiger partial charge is 0.322 e. The number of halogens is 1. The molecule has 2 aromatic carbocycles. The van der Waals surface area contributed by atoms with Crippen LogP contribution in [0.3, 0.4) is 0 Å². The van der Waals surface area contributed by atoms with Crippen molar-refractivity contribution in [3.8, 4) is 0 Å². The molecule has 1 N–H and O–H groups in total. The topological polar surface area (TPSA) is 46.9 Å². The molecule has 134 valence electrons. The summed E-state index contributed by atoms with van der Waals surface area (Å²) in [6, 6.07) is 15.5. The number of hydrogen-bond donors (Lipinski definition) is 1. The van der Waals surface area contributed by atoms with E-state index in [0.717, 1.165) is 28.9 Å². The van der Waals surface area contributed by atoms with Gasteiger partial charge in [0.2, 0.25) is 0 Å². The molecule has 0 bridgehead atoms. The fourth-order valence-corrected chi connectivity index (χ4v) is 3.30. The van der Waals surface area contributed by atoms with Crippen LogP contribution in [0.1, 0.15) is 39.8 Å². The molecule has 26 heavy (non-hydrogen) atoms. The zero-order chi connectivity index (χ0) is 18.7. The van der Waals surface area contributed by atoms with Gasteiger partial charge >= 0.3 is 0 Å². The Labute approximate surface area is 158 Å². The number of carbonyl (C=O) groups is 1. The molecule has 0 saturated carbocycles. The predicted molar refractivity (Wildman–Crippen MR) is 106 cm³/mol. The Kier molecular flexibility index (Phi) is 5.43. The van der Waals surface area contributed by atoms with Gasteiger partial charge < -0.3 is 5.32 Å². The number of aryl methyl sites for hydroxylation is 2. The van der Waals surface area contributed by atoms with Crippen LogP contribution in [0.15, 0.2) is 48.5 Å². The number of anilines is 1. The van der Waals surface area contributed by atoms with Gasteiger partial charge in [0.25, 0.3) is 5.91 Å². The summed E-state index contributed by atoms with van der Waals surface area (Å²) < 4.78 is 1.83. The van der Waals surface area contributed by atoms with Crippen molar-refractivity contribution in [2.75, 3.05) is 5.32 Å². The first kappa shape index (κ1) is 18.2. The minimum absolute atomic E-state index is 0.133. The summed E-state index contributed by atoms with van der Waals surface area (Å²) in [4.78, 5) is 12.9. The number of rotatable bonds is 5. The van der Waals surface area contributed by atoms with Crippen molar-refractivity contribution in [1.82, 2.24) is 9.78 Å². The predicted octanol–water partition coefficient (Wildman–Crippen LogP) is 5.02. The van der Waals surface area contributed by atoms with E-state index < -0.39 is 0 Å². The lowest BCUT2D eigenvalue weighted by molar-refractivity contribution is 0.102.